The summed E-state index contributed by atoms with van der Waals surface area (Å²) in [6.45, 7) is -0.478. The number of amides is 3. The fraction of sp³-hybridized carbons (Fsp3) is 0.500. The first kappa shape index (κ1) is 20.2. The summed E-state index contributed by atoms with van der Waals surface area (Å²) in [5, 5.41) is 3.19. The van der Waals surface area contributed by atoms with Gasteiger partial charge in [0.15, 0.2) is 6.61 Å². The highest BCUT2D eigenvalue weighted by molar-refractivity contribution is 6.42. The van der Waals surface area contributed by atoms with Crippen molar-refractivity contribution in [2.75, 3.05) is 18.5 Å². The summed E-state index contributed by atoms with van der Waals surface area (Å²) in [5.74, 6) is -1.27. The number of nitrogens with one attached hydrogen (secondary N) is 1. The van der Waals surface area contributed by atoms with Crippen LogP contribution in [0.3, 0.4) is 0 Å². The predicted molar refractivity (Wildman–Crippen MR) is 105 cm³/mol. The van der Waals surface area contributed by atoms with E-state index in [1.165, 1.54) is 17.0 Å². The Hall–Kier alpha value is -2.12. The summed E-state index contributed by atoms with van der Waals surface area (Å²) in [5.41, 5.74) is 0.426. The minimum Gasteiger partial charge on any atom is -0.456 e. The van der Waals surface area contributed by atoms with E-state index in [1.807, 2.05) is 0 Å². The van der Waals surface area contributed by atoms with Gasteiger partial charge in [0.2, 0.25) is 11.8 Å². The van der Waals surface area contributed by atoms with Gasteiger partial charge in [-0.25, -0.2) is 0 Å². The van der Waals surface area contributed by atoms with Gasteiger partial charge < -0.3 is 10.1 Å². The molecule has 2 saturated carbocycles. The van der Waals surface area contributed by atoms with E-state index >= 15 is 0 Å². The first-order valence-electron chi connectivity index (χ1n) is 9.61. The second kappa shape index (κ2) is 7.95. The van der Waals surface area contributed by atoms with Crippen LogP contribution < -0.4 is 5.32 Å². The van der Waals surface area contributed by atoms with Crippen molar-refractivity contribution in [3.63, 3.8) is 0 Å². The third-order valence-electron chi connectivity index (χ3n) is 6.13. The third-order valence-corrected chi connectivity index (χ3v) is 6.86. The van der Waals surface area contributed by atoms with E-state index in [-0.39, 0.29) is 36.6 Å². The summed E-state index contributed by atoms with van der Waals surface area (Å²) < 4.78 is 4.95. The average Bonchev–Trinajstić information content (AvgIpc) is 3.36. The zero-order chi connectivity index (χ0) is 20.7. The molecule has 0 spiro atoms. The number of carbonyl (C=O) groups is 4. The number of likely N-dealkylation sites (tertiary alicyclic amines) is 1. The van der Waals surface area contributed by atoms with Gasteiger partial charge in [-0.05, 0) is 49.3 Å². The molecule has 0 radical (unpaired) electrons. The van der Waals surface area contributed by atoms with E-state index in [0.29, 0.717) is 27.6 Å². The maximum atomic E-state index is 12.6. The van der Waals surface area contributed by atoms with E-state index < -0.39 is 18.5 Å². The quantitative estimate of drug-likeness (QED) is 0.544. The number of ether oxygens (including phenoxy) is 1. The molecular formula is C20H20Cl2N2O5. The lowest BCUT2D eigenvalue weighted by molar-refractivity contribution is -0.149. The van der Waals surface area contributed by atoms with Crippen LogP contribution in [0.15, 0.2) is 18.2 Å². The molecule has 154 valence electrons. The van der Waals surface area contributed by atoms with Crippen LogP contribution in [0.25, 0.3) is 0 Å². The summed E-state index contributed by atoms with van der Waals surface area (Å²) in [7, 11) is 0. The van der Waals surface area contributed by atoms with Gasteiger partial charge in [-0.1, -0.05) is 23.2 Å². The van der Waals surface area contributed by atoms with Crippen LogP contribution in [0.1, 0.15) is 25.7 Å². The number of nitrogens with zero attached hydrogens (tertiary/aromatic N) is 1. The Kier molecular flexibility index (Phi) is 5.53. The van der Waals surface area contributed by atoms with Gasteiger partial charge >= 0.3 is 5.97 Å². The number of hydrogen-bond acceptors (Lipinski definition) is 5. The highest BCUT2D eigenvalue weighted by atomic mass is 35.5. The van der Waals surface area contributed by atoms with Crippen LogP contribution >= 0.6 is 23.2 Å². The van der Waals surface area contributed by atoms with Crippen molar-refractivity contribution in [2.45, 2.75) is 25.7 Å². The number of rotatable bonds is 6. The molecule has 1 aromatic rings. The molecule has 0 unspecified atom stereocenters. The normalized spacial score (nSPS) is 27.3. The lowest BCUT2D eigenvalue weighted by Gasteiger charge is -2.19. The number of fused-ring (bicyclic) bond motifs is 5. The Morgan fingerprint density at radius 1 is 1.07 bits per heavy atom. The van der Waals surface area contributed by atoms with Crippen molar-refractivity contribution < 1.29 is 23.9 Å². The molecule has 3 aliphatic rings. The Bertz CT molecular complexity index is 862. The molecule has 4 atom stereocenters. The molecular weight excluding hydrogens is 419 g/mol. The maximum Gasteiger partial charge on any atom is 0.308 e. The number of esters is 1. The molecule has 0 aromatic heterocycles. The number of imide groups is 1. The number of halogens is 2. The first-order valence-corrected chi connectivity index (χ1v) is 10.4. The number of benzene rings is 1. The zero-order valence-corrected chi connectivity index (χ0v) is 17.0. The lowest BCUT2D eigenvalue weighted by Crippen LogP contribution is -2.35. The Balaban J connectivity index is 1.23. The molecule has 2 bridgehead atoms. The number of anilines is 1. The Morgan fingerprint density at radius 2 is 1.72 bits per heavy atom. The smallest absolute Gasteiger partial charge is 0.308 e. The lowest BCUT2D eigenvalue weighted by atomic mass is 9.81. The van der Waals surface area contributed by atoms with Crippen molar-refractivity contribution in [2.24, 2.45) is 23.7 Å². The number of hydrogen-bond donors (Lipinski definition) is 1. The maximum absolute atomic E-state index is 12.6. The highest BCUT2D eigenvalue weighted by Crippen LogP contribution is 2.56. The van der Waals surface area contributed by atoms with Crippen LogP contribution in [0.5, 0.6) is 0 Å². The first-order chi connectivity index (χ1) is 13.8. The fourth-order valence-corrected chi connectivity index (χ4v) is 5.18. The monoisotopic (exact) mass is 438 g/mol. The Labute approximate surface area is 177 Å². The molecule has 1 saturated heterocycles. The van der Waals surface area contributed by atoms with E-state index in [0.717, 1.165) is 19.3 Å². The van der Waals surface area contributed by atoms with Gasteiger partial charge in [-0.2, -0.15) is 0 Å². The zero-order valence-electron chi connectivity index (χ0n) is 15.5. The van der Waals surface area contributed by atoms with Gasteiger partial charge in [0, 0.05) is 12.2 Å². The van der Waals surface area contributed by atoms with E-state index in [9.17, 15) is 19.2 Å². The van der Waals surface area contributed by atoms with Crippen molar-refractivity contribution in [3.8, 4) is 0 Å². The van der Waals surface area contributed by atoms with E-state index in [4.69, 9.17) is 27.9 Å². The summed E-state index contributed by atoms with van der Waals surface area (Å²) in [6.07, 6.45) is 2.85. The van der Waals surface area contributed by atoms with Crippen LogP contribution in [0.2, 0.25) is 10.0 Å². The highest BCUT2D eigenvalue weighted by Gasteiger charge is 2.60. The molecule has 1 heterocycles. The van der Waals surface area contributed by atoms with Crippen LogP contribution in [0, 0.1) is 23.7 Å². The molecule has 3 fully saturated rings. The third kappa shape index (κ3) is 3.85. The van der Waals surface area contributed by atoms with Gasteiger partial charge in [0.1, 0.15) is 0 Å². The van der Waals surface area contributed by atoms with E-state index in [2.05, 4.69) is 5.32 Å². The largest absolute Gasteiger partial charge is 0.456 e. The molecule has 1 N–H and O–H groups in total. The molecule has 3 amide bonds. The van der Waals surface area contributed by atoms with Crippen molar-refractivity contribution in [3.05, 3.63) is 28.2 Å². The standard InChI is InChI=1S/C20H20Cl2N2O5/c21-13-4-3-12(8-14(13)22)23-15(25)9-29-16(26)5-6-24-19(27)17-10-1-2-11(7-10)18(17)20(24)28/h3-4,8,10-11,17-18H,1-2,5-7,9H2,(H,23,25)/t10-,11-,17-,18+/m0/s1. The Morgan fingerprint density at radius 3 is 2.34 bits per heavy atom. The predicted octanol–water partition coefficient (Wildman–Crippen LogP) is 2.90. The van der Waals surface area contributed by atoms with Gasteiger partial charge in [-0.15, -0.1) is 0 Å². The van der Waals surface area contributed by atoms with Crippen LogP contribution in [-0.4, -0.2) is 41.7 Å². The molecule has 4 rings (SSSR count). The van der Waals surface area contributed by atoms with Crippen LogP contribution in [0.4, 0.5) is 5.69 Å². The molecule has 1 aromatic carbocycles. The summed E-state index contributed by atoms with van der Waals surface area (Å²) >= 11 is 11.7. The topological polar surface area (TPSA) is 92.8 Å². The summed E-state index contributed by atoms with van der Waals surface area (Å²) in [4.78, 5) is 50.3. The van der Waals surface area contributed by atoms with Crippen LogP contribution in [-0.2, 0) is 23.9 Å². The van der Waals surface area contributed by atoms with Gasteiger partial charge in [0.05, 0.1) is 28.3 Å². The second-order valence-electron chi connectivity index (χ2n) is 7.80. The van der Waals surface area contributed by atoms with Crippen molar-refractivity contribution >= 4 is 52.6 Å². The fourth-order valence-electron chi connectivity index (χ4n) is 4.88. The van der Waals surface area contributed by atoms with Gasteiger partial charge in [0.25, 0.3) is 5.91 Å². The molecule has 9 heteroatoms. The molecule has 1 aliphatic heterocycles. The average molecular weight is 439 g/mol. The second-order valence-corrected chi connectivity index (χ2v) is 8.62. The molecule has 2 aliphatic carbocycles. The van der Waals surface area contributed by atoms with Crippen molar-refractivity contribution in [1.29, 1.82) is 0 Å². The minimum atomic E-state index is -0.644. The molecule has 29 heavy (non-hydrogen) atoms. The van der Waals surface area contributed by atoms with E-state index in [1.54, 1.807) is 6.07 Å². The van der Waals surface area contributed by atoms with Gasteiger partial charge in [-0.3, -0.25) is 24.1 Å². The van der Waals surface area contributed by atoms with Crippen molar-refractivity contribution in [1.82, 2.24) is 4.90 Å². The summed E-state index contributed by atoms with van der Waals surface area (Å²) in [6, 6.07) is 4.60. The SMILES string of the molecule is O=C(COC(=O)CCN1C(=O)[C@@H]2[C@H]3CC[C@@H](C3)[C@@H]2C1=O)Nc1ccc(Cl)c(Cl)c1. The minimum absolute atomic E-state index is 0.00263. The number of carbonyl (C=O) groups excluding carboxylic acids is 4. The molecule has 7 nitrogen and oxygen atoms in total.